The largest absolute Gasteiger partial charge is 0.506 e. The lowest BCUT2D eigenvalue weighted by Gasteiger charge is -2.35. The van der Waals surface area contributed by atoms with Gasteiger partial charge in [0.1, 0.15) is 5.75 Å². The number of benzene rings is 1. The van der Waals surface area contributed by atoms with Gasteiger partial charge in [0.15, 0.2) is 3.92 Å². The number of hydrogen-bond acceptors (Lipinski definition) is 6. The molecule has 1 aromatic heterocycles. The second-order valence-electron chi connectivity index (χ2n) is 4.30. The van der Waals surface area contributed by atoms with Crippen LogP contribution in [0.5, 0.6) is 5.75 Å². The highest BCUT2D eigenvalue weighted by molar-refractivity contribution is 9.11. The number of aromatic hydroxyl groups is 1. The number of hydrogen-bond donors (Lipinski definition) is 1. The van der Waals surface area contributed by atoms with E-state index >= 15 is 0 Å². The van der Waals surface area contributed by atoms with Crippen molar-refractivity contribution in [2.45, 2.75) is 0 Å². The molecular formula is C12H13BrN4OS. The molecule has 0 amide bonds. The number of para-hydroxylation sites is 2. The minimum Gasteiger partial charge on any atom is -0.506 e. The van der Waals surface area contributed by atoms with Crippen molar-refractivity contribution in [2.75, 3.05) is 36.0 Å². The van der Waals surface area contributed by atoms with E-state index in [9.17, 15) is 5.11 Å². The maximum atomic E-state index is 9.87. The van der Waals surface area contributed by atoms with Gasteiger partial charge in [0.2, 0.25) is 5.13 Å². The van der Waals surface area contributed by atoms with E-state index < -0.39 is 0 Å². The number of piperazine rings is 1. The molecule has 3 rings (SSSR count). The van der Waals surface area contributed by atoms with Gasteiger partial charge < -0.3 is 14.9 Å². The molecule has 100 valence electrons. The molecule has 1 N–H and O–H groups in total. The average Bonchev–Trinajstić information content (AvgIpc) is 2.86. The van der Waals surface area contributed by atoms with Gasteiger partial charge in [0, 0.05) is 26.2 Å². The number of phenols is 1. The molecule has 2 aromatic rings. The van der Waals surface area contributed by atoms with Crippen molar-refractivity contribution in [3.05, 3.63) is 28.2 Å². The van der Waals surface area contributed by atoms with E-state index in [0.717, 1.165) is 40.9 Å². The van der Waals surface area contributed by atoms with Gasteiger partial charge >= 0.3 is 0 Å². The smallest absolute Gasteiger partial charge is 0.209 e. The van der Waals surface area contributed by atoms with Gasteiger partial charge in [-0.25, -0.2) is 0 Å². The van der Waals surface area contributed by atoms with E-state index in [0.29, 0.717) is 5.75 Å². The molecule has 1 saturated heterocycles. The number of rotatable bonds is 2. The topological polar surface area (TPSA) is 52.5 Å². The van der Waals surface area contributed by atoms with Gasteiger partial charge in [-0.2, -0.15) is 0 Å². The van der Waals surface area contributed by atoms with Crippen LogP contribution in [0.2, 0.25) is 0 Å². The van der Waals surface area contributed by atoms with E-state index in [1.807, 2.05) is 18.2 Å². The van der Waals surface area contributed by atoms with E-state index in [1.54, 1.807) is 17.4 Å². The Hall–Kier alpha value is -1.34. The van der Waals surface area contributed by atoms with Gasteiger partial charge in [-0.1, -0.05) is 23.5 Å². The highest BCUT2D eigenvalue weighted by atomic mass is 79.9. The van der Waals surface area contributed by atoms with Gasteiger partial charge in [-0.05, 0) is 28.1 Å². The highest BCUT2D eigenvalue weighted by Crippen LogP contribution is 2.29. The molecule has 0 bridgehead atoms. The summed E-state index contributed by atoms with van der Waals surface area (Å²) in [5.41, 5.74) is 0.903. The first-order valence-corrected chi connectivity index (χ1v) is 7.62. The molecule has 0 radical (unpaired) electrons. The fraction of sp³-hybridized carbons (Fsp3) is 0.333. The van der Waals surface area contributed by atoms with Crippen molar-refractivity contribution in [2.24, 2.45) is 0 Å². The number of phenolic OH excluding ortho intramolecular Hbond substituents is 1. The van der Waals surface area contributed by atoms with Crippen LogP contribution in [0.3, 0.4) is 0 Å². The molecule has 0 atom stereocenters. The maximum Gasteiger partial charge on any atom is 0.209 e. The molecule has 19 heavy (non-hydrogen) atoms. The normalized spacial score (nSPS) is 15.8. The number of nitrogens with zero attached hydrogens (tertiary/aromatic N) is 4. The third-order valence-corrected chi connectivity index (χ3v) is 4.58. The maximum absolute atomic E-state index is 9.87. The number of aromatic nitrogens is 2. The SMILES string of the molecule is Oc1ccccc1N1CCN(c2nnc(Br)s2)CC1. The van der Waals surface area contributed by atoms with Crippen LogP contribution in [0.15, 0.2) is 28.2 Å². The molecule has 1 fully saturated rings. The molecule has 1 aliphatic rings. The first kappa shape index (κ1) is 12.7. The van der Waals surface area contributed by atoms with E-state index in [4.69, 9.17) is 0 Å². The summed E-state index contributed by atoms with van der Waals surface area (Å²) in [6, 6.07) is 7.47. The minimum absolute atomic E-state index is 0.342. The van der Waals surface area contributed by atoms with Crippen LogP contribution in [0.4, 0.5) is 10.8 Å². The second-order valence-corrected chi connectivity index (χ2v) is 6.53. The lowest BCUT2D eigenvalue weighted by Crippen LogP contribution is -2.46. The second kappa shape index (κ2) is 5.34. The highest BCUT2D eigenvalue weighted by Gasteiger charge is 2.21. The Morgan fingerprint density at radius 2 is 1.74 bits per heavy atom. The van der Waals surface area contributed by atoms with Crippen molar-refractivity contribution in [1.29, 1.82) is 0 Å². The van der Waals surface area contributed by atoms with E-state index in [2.05, 4.69) is 35.9 Å². The molecule has 0 saturated carbocycles. The standard InChI is InChI=1S/C12H13BrN4OS/c13-11-14-15-12(19-11)17-7-5-16(6-8-17)9-3-1-2-4-10(9)18/h1-4,18H,5-8H2. The summed E-state index contributed by atoms with van der Waals surface area (Å²) in [7, 11) is 0. The van der Waals surface area contributed by atoms with Gasteiger partial charge in [-0.15, -0.1) is 10.2 Å². The van der Waals surface area contributed by atoms with Crippen LogP contribution in [-0.2, 0) is 0 Å². The predicted molar refractivity (Wildman–Crippen MR) is 80.1 cm³/mol. The molecule has 0 unspecified atom stereocenters. The van der Waals surface area contributed by atoms with Crippen LogP contribution in [0.25, 0.3) is 0 Å². The third kappa shape index (κ3) is 2.66. The van der Waals surface area contributed by atoms with Crippen molar-refractivity contribution < 1.29 is 5.11 Å². The lowest BCUT2D eigenvalue weighted by atomic mass is 10.2. The summed E-state index contributed by atoms with van der Waals surface area (Å²) in [6.45, 7) is 3.51. The summed E-state index contributed by atoms with van der Waals surface area (Å²) in [6.07, 6.45) is 0. The quantitative estimate of drug-likeness (QED) is 0.909. The Kier molecular flexibility index (Phi) is 3.56. The zero-order valence-electron chi connectivity index (χ0n) is 10.2. The Morgan fingerprint density at radius 1 is 1.05 bits per heavy atom. The third-order valence-electron chi connectivity index (χ3n) is 3.16. The zero-order chi connectivity index (χ0) is 13.2. The van der Waals surface area contributed by atoms with Gasteiger partial charge in [0.25, 0.3) is 0 Å². The average molecular weight is 341 g/mol. The molecule has 2 heterocycles. The molecular weight excluding hydrogens is 328 g/mol. The number of anilines is 2. The van der Waals surface area contributed by atoms with E-state index in [-0.39, 0.29) is 0 Å². The van der Waals surface area contributed by atoms with Crippen LogP contribution in [-0.4, -0.2) is 41.5 Å². The lowest BCUT2D eigenvalue weighted by molar-refractivity contribution is 0.472. The first-order chi connectivity index (χ1) is 9.24. The van der Waals surface area contributed by atoms with Crippen LogP contribution >= 0.6 is 27.3 Å². The van der Waals surface area contributed by atoms with Crippen LogP contribution < -0.4 is 9.80 Å². The molecule has 1 aliphatic heterocycles. The fourth-order valence-corrected chi connectivity index (χ4v) is 3.34. The number of halogens is 1. The fourth-order valence-electron chi connectivity index (χ4n) is 2.20. The van der Waals surface area contributed by atoms with Crippen molar-refractivity contribution in [3.8, 4) is 5.75 Å². The van der Waals surface area contributed by atoms with Crippen molar-refractivity contribution in [1.82, 2.24) is 10.2 Å². The predicted octanol–water partition coefficient (Wildman–Crippen LogP) is 2.33. The monoisotopic (exact) mass is 340 g/mol. The van der Waals surface area contributed by atoms with Crippen molar-refractivity contribution >= 4 is 38.1 Å². The minimum atomic E-state index is 0.342. The summed E-state index contributed by atoms with van der Waals surface area (Å²) >= 11 is 4.88. The van der Waals surface area contributed by atoms with Gasteiger partial charge in [-0.3, -0.25) is 0 Å². The van der Waals surface area contributed by atoms with Gasteiger partial charge in [0.05, 0.1) is 5.69 Å². The van der Waals surface area contributed by atoms with Crippen LogP contribution in [0, 0.1) is 0 Å². The van der Waals surface area contributed by atoms with Crippen LogP contribution in [0.1, 0.15) is 0 Å². The molecule has 0 spiro atoms. The Balaban J connectivity index is 1.68. The first-order valence-electron chi connectivity index (χ1n) is 6.01. The summed E-state index contributed by atoms with van der Waals surface area (Å²) < 4.78 is 0.811. The molecule has 7 heteroatoms. The summed E-state index contributed by atoms with van der Waals surface area (Å²) in [5.74, 6) is 0.342. The van der Waals surface area contributed by atoms with E-state index in [1.165, 1.54) is 0 Å². The Morgan fingerprint density at radius 3 is 2.37 bits per heavy atom. The molecule has 0 aliphatic carbocycles. The summed E-state index contributed by atoms with van der Waals surface area (Å²) in [5, 5.41) is 18.9. The summed E-state index contributed by atoms with van der Waals surface area (Å²) in [4.78, 5) is 4.42. The molecule has 5 nitrogen and oxygen atoms in total. The zero-order valence-corrected chi connectivity index (χ0v) is 12.6. The Labute approximate surface area is 123 Å². The molecule has 1 aromatic carbocycles. The van der Waals surface area contributed by atoms with Crippen molar-refractivity contribution in [3.63, 3.8) is 0 Å². The Bertz CT molecular complexity index is 568.